The molecule has 0 spiro atoms. The summed E-state index contributed by atoms with van der Waals surface area (Å²) < 4.78 is 0. The summed E-state index contributed by atoms with van der Waals surface area (Å²) in [6.07, 6.45) is 0. The molecule has 0 fully saturated rings. The Kier molecular flexibility index (Phi) is 4.94. The van der Waals surface area contributed by atoms with E-state index in [0.29, 0.717) is 10.6 Å². The van der Waals surface area contributed by atoms with E-state index in [1.807, 2.05) is 26.0 Å². The molecule has 2 aromatic rings. The van der Waals surface area contributed by atoms with Crippen molar-refractivity contribution in [3.63, 3.8) is 0 Å². The number of thiocarbonyl (C=S) groups is 1. The highest BCUT2D eigenvalue weighted by atomic mass is 35.5. The van der Waals surface area contributed by atoms with Gasteiger partial charge in [-0.15, -0.1) is 0 Å². The van der Waals surface area contributed by atoms with Gasteiger partial charge in [0.05, 0.1) is 0 Å². The first-order valence-corrected chi connectivity index (χ1v) is 7.19. The summed E-state index contributed by atoms with van der Waals surface area (Å²) in [4.78, 5) is 12.0. The average molecular weight is 319 g/mol. The molecule has 0 saturated carbocycles. The van der Waals surface area contributed by atoms with Crippen LogP contribution in [0.2, 0.25) is 5.02 Å². The number of benzene rings is 2. The van der Waals surface area contributed by atoms with Gasteiger partial charge in [-0.25, -0.2) is 0 Å². The molecule has 2 aromatic carbocycles. The maximum Gasteiger partial charge on any atom is 0.257 e. The van der Waals surface area contributed by atoms with Gasteiger partial charge in [0.15, 0.2) is 5.11 Å². The van der Waals surface area contributed by atoms with Gasteiger partial charge >= 0.3 is 0 Å². The number of carbonyl (C=O) groups is 1. The maximum absolute atomic E-state index is 12.0. The highest BCUT2D eigenvalue weighted by molar-refractivity contribution is 7.80. The molecule has 2 N–H and O–H groups in total. The molecular formula is C16H15ClN2OS. The summed E-state index contributed by atoms with van der Waals surface area (Å²) in [6, 6.07) is 12.7. The average Bonchev–Trinajstić information content (AvgIpc) is 2.37. The quantitative estimate of drug-likeness (QED) is 0.820. The highest BCUT2D eigenvalue weighted by Gasteiger charge is 2.08. The summed E-state index contributed by atoms with van der Waals surface area (Å²) in [5, 5.41) is 6.40. The Labute approximate surface area is 134 Å². The van der Waals surface area contributed by atoms with E-state index in [1.54, 1.807) is 24.3 Å². The van der Waals surface area contributed by atoms with Crippen LogP contribution in [0.1, 0.15) is 21.5 Å². The molecule has 0 bridgehead atoms. The monoisotopic (exact) mass is 318 g/mol. The molecule has 2 rings (SSSR count). The Morgan fingerprint density at radius 3 is 2.38 bits per heavy atom. The van der Waals surface area contributed by atoms with Gasteiger partial charge in [0.2, 0.25) is 0 Å². The van der Waals surface area contributed by atoms with Gasteiger partial charge in [0.1, 0.15) is 0 Å². The van der Waals surface area contributed by atoms with E-state index in [2.05, 4.69) is 16.7 Å². The van der Waals surface area contributed by atoms with Crippen molar-refractivity contribution >= 4 is 40.5 Å². The third-order valence-corrected chi connectivity index (χ3v) is 3.23. The first-order valence-electron chi connectivity index (χ1n) is 6.40. The first kappa shape index (κ1) is 15.5. The number of nitrogens with one attached hydrogen (secondary N) is 2. The van der Waals surface area contributed by atoms with E-state index in [0.717, 1.165) is 16.8 Å². The molecule has 0 saturated heterocycles. The van der Waals surface area contributed by atoms with Crippen LogP contribution in [-0.4, -0.2) is 11.0 Å². The summed E-state index contributed by atoms with van der Waals surface area (Å²) >= 11 is 11.0. The second kappa shape index (κ2) is 6.70. The fraction of sp³-hybridized carbons (Fsp3) is 0.125. The van der Waals surface area contributed by atoms with Crippen molar-refractivity contribution in [3.05, 3.63) is 64.2 Å². The third kappa shape index (κ3) is 4.55. The fourth-order valence-electron chi connectivity index (χ4n) is 2.01. The van der Waals surface area contributed by atoms with Crippen LogP contribution in [0.3, 0.4) is 0 Å². The van der Waals surface area contributed by atoms with Crippen molar-refractivity contribution in [2.24, 2.45) is 0 Å². The highest BCUT2D eigenvalue weighted by Crippen LogP contribution is 2.14. The number of carbonyl (C=O) groups excluding carboxylic acids is 1. The van der Waals surface area contributed by atoms with E-state index in [9.17, 15) is 4.79 Å². The lowest BCUT2D eigenvalue weighted by atomic mass is 10.1. The lowest BCUT2D eigenvalue weighted by Gasteiger charge is -2.11. The molecule has 0 unspecified atom stereocenters. The Balaban J connectivity index is 2.03. The molecule has 3 nitrogen and oxygen atoms in total. The topological polar surface area (TPSA) is 41.1 Å². The molecule has 21 heavy (non-hydrogen) atoms. The van der Waals surface area contributed by atoms with E-state index < -0.39 is 0 Å². The van der Waals surface area contributed by atoms with Gasteiger partial charge in [-0.2, -0.15) is 0 Å². The molecule has 0 aliphatic carbocycles. The Hall–Kier alpha value is -1.91. The predicted octanol–water partition coefficient (Wildman–Crippen LogP) is 4.08. The van der Waals surface area contributed by atoms with E-state index in [4.69, 9.17) is 23.8 Å². The molecule has 0 aliphatic rings. The summed E-state index contributed by atoms with van der Waals surface area (Å²) in [7, 11) is 0. The summed E-state index contributed by atoms with van der Waals surface area (Å²) in [5.41, 5.74) is 3.57. The zero-order valence-electron chi connectivity index (χ0n) is 11.7. The van der Waals surface area contributed by atoms with Gasteiger partial charge in [-0.1, -0.05) is 23.7 Å². The number of halogens is 1. The van der Waals surface area contributed by atoms with Crippen LogP contribution < -0.4 is 10.6 Å². The van der Waals surface area contributed by atoms with Crippen molar-refractivity contribution in [3.8, 4) is 0 Å². The predicted molar refractivity (Wildman–Crippen MR) is 91.1 cm³/mol. The van der Waals surface area contributed by atoms with Crippen LogP contribution >= 0.6 is 23.8 Å². The molecule has 0 heterocycles. The number of hydrogen-bond acceptors (Lipinski definition) is 2. The Morgan fingerprint density at radius 1 is 1.10 bits per heavy atom. The normalized spacial score (nSPS) is 10.0. The second-order valence-electron chi connectivity index (χ2n) is 4.79. The summed E-state index contributed by atoms with van der Waals surface area (Å²) in [6.45, 7) is 4.01. The van der Waals surface area contributed by atoms with Gasteiger partial charge < -0.3 is 5.32 Å². The molecular weight excluding hydrogens is 304 g/mol. The third-order valence-electron chi connectivity index (χ3n) is 2.79. The standard InChI is InChI=1S/C16H15ClN2OS/c1-10-6-11(2)8-14(7-10)18-16(21)19-15(20)12-4-3-5-13(17)9-12/h3-9H,1-2H3,(H2,18,19,20,21). The van der Waals surface area contributed by atoms with Crippen LogP contribution in [0.5, 0.6) is 0 Å². The van der Waals surface area contributed by atoms with Crippen molar-refractivity contribution in [1.29, 1.82) is 0 Å². The molecule has 5 heteroatoms. The van der Waals surface area contributed by atoms with Crippen LogP contribution in [0, 0.1) is 13.8 Å². The van der Waals surface area contributed by atoms with Gasteiger partial charge in [0, 0.05) is 16.3 Å². The number of hydrogen-bond donors (Lipinski definition) is 2. The van der Waals surface area contributed by atoms with Crippen molar-refractivity contribution in [1.82, 2.24) is 5.32 Å². The maximum atomic E-state index is 12.0. The number of rotatable bonds is 2. The number of aryl methyl sites for hydroxylation is 2. The smallest absolute Gasteiger partial charge is 0.257 e. The van der Waals surface area contributed by atoms with Crippen LogP contribution in [0.4, 0.5) is 5.69 Å². The lowest BCUT2D eigenvalue weighted by Crippen LogP contribution is -2.34. The largest absolute Gasteiger partial charge is 0.332 e. The van der Waals surface area contributed by atoms with E-state index >= 15 is 0 Å². The molecule has 1 amide bonds. The van der Waals surface area contributed by atoms with Gasteiger partial charge in [-0.3, -0.25) is 10.1 Å². The zero-order valence-corrected chi connectivity index (χ0v) is 13.3. The second-order valence-corrected chi connectivity index (χ2v) is 5.64. The molecule has 0 radical (unpaired) electrons. The van der Waals surface area contributed by atoms with Gasteiger partial charge in [0.25, 0.3) is 5.91 Å². The lowest BCUT2D eigenvalue weighted by molar-refractivity contribution is 0.0977. The van der Waals surface area contributed by atoms with Crippen molar-refractivity contribution in [2.45, 2.75) is 13.8 Å². The summed E-state index contributed by atoms with van der Waals surface area (Å²) in [5.74, 6) is -0.292. The first-order chi connectivity index (χ1) is 9.94. The van der Waals surface area contributed by atoms with Crippen LogP contribution in [-0.2, 0) is 0 Å². The molecule has 0 atom stereocenters. The van der Waals surface area contributed by atoms with E-state index in [-0.39, 0.29) is 11.0 Å². The van der Waals surface area contributed by atoms with Gasteiger partial charge in [-0.05, 0) is 67.5 Å². The van der Waals surface area contributed by atoms with Crippen LogP contribution in [0.25, 0.3) is 0 Å². The molecule has 108 valence electrons. The Bertz CT molecular complexity index is 680. The zero-order chi connectivity index (χ0) is 15.4. The molecule has 0 aliphatic heterocycles. The fourth-order valence-corrected chi connectivity index (χ4v) is 2.42. The van der Waals surface area contributed by atoms with Crippen molar-refractivity contribution < 1.29 is 4.79 Å². The minimum absolute atomic E-state index is 0.255. The molecule has 0 aromatic heterocycles. The van der Waals surface area contributed by atoms with Crippen molar-refractivity contribution in [2.75, 3.05) is 5.32 Å². The SMILES string of the molecule is Cc1cc(C)cc(NC(=S)NC(=O)c2cccc(Cl)c2)c1. The van der Waals surface area contributed by atoms with E-state index in [1.165, 1.54) is 0 Å². The Morgan fingerprint density at radius 2 is 1.76 bits per heavy atom. The van der Waals surface area contributed by atoms with Crippen LogP contribution in [0.15, 0.2) is 42.5 Å². The number of amides is 1. The minimum Gasteiger partial charge on any atom is -0.332 e. The minimum atomic E-state index is -0.292. The number of anilines is 1.